The molecule has 0 aliphatic carbocycles. The third kappa shape index (κ3) is 7.03. The van der Waals surface area contributed by atoms with E-state index < -0.39 is 11.7 Å². The van der Waals surface area contributed by atoms with E-state index >= 15 is 0 Å². The van der Waals surface area contributed by atoms with Gasteiger partial charge in [-0.15, -0.1) is 0 Å². The third-order valence-corrected chi connectivity index (χ3v) is 6.90. The minimum Gasteiger partial charge on any atom is -0.368 e. The summed E-state index contributed by atoms with van der Waals surface area (Å²) in [6.45, 7) is 4.67. The monoisotopic (exact) mass is 515 g/mol. The van der Waals surface area contributed by atoms with Crippen molar-refractivity contribution in [3.8, 4) is 0 Å². The van der Waals surface area contributed by atoms with E-state index in [9.17, 15) is 18.0 Å². The van der Waals surface area contributed by atoms with E-state index in [-0.39, 0.29) is 11.8 Å². The highest BCUT2D eigenvalue weighted by atomic mass is 35.5. The van der Waals surface area contributed by atoms with Crippen LogP contribution in [0, 0.1) is 5.92 Å². The second kappa shape index (κ2) is 11.6. The van der Waals surface area contributed by atoms with Gasteiger partial charge in [0.05, 0.1) is 5.56 Å². The van der Waals surface area contributed by atoms with Crippen LogP contribution in [0.15, 0.2) is 36.4 Å². The molecule has 2 aromatic carbocycles. The summed E-state index contributed by atoms with van der Waals surface area (Å²) in [6, 6.07) is 9.20. The second-order valence-electron chi connectivity index (χ2n) is 8.82. The zero-order valence-corrected chi connectivity index (χ0v) is 20.7. The number of carbonyl (C=O) groups excluding carboxylic acids is 1. The summed E-state index contributed by atoms with van der Waals surface area (Å²) in [6.07, 6.45) is -2.28. The van der Waals surface area contributed by atoms with Gasteiger partial charge in [0.2, 0.25) is 5.91 Å². The third-order valence-electron chi connectivity index (χ3n) is 6.31. The molecule has 1 aliphatic heterocycles. The van der Waals surface area contributed by atoms with E-state index in [1.54, 1.807) is 23.1 Å². The van der Waals surface area contributed by atoms with Crippen LogP contribution in [0.2, 0.25) is 10.0 Å². The fraction of sp³-hybridized carbons (Fsp3) is 0.480. The molecule has 0 bridgehead atoms. The summed E-state index contributed by atoms with van der Waals surface area (Å²) in [5, 5.41) is 1.10. The topological polar surface area (TPSA) is 49.6 Å². The maximum atomic E-state index is 13.3. The Hall–Kier alpha value is -1.96. The van der Waals surface area contributed by atoms with Crippen LogP contribution in [0.5, 0.6) is 0 Å². The summed E-state index contributed by atoms with van der Waals surface area (Å²) in [7, 11) is 0. The van der Waals surface area contributed by atoms with Crippen LogP contribution in [0.25, 0.3) is 0 Å². The van der Waals surface area contributed by atoms with Crippen molar-refractivity contribution in [3.05, 3.63) is 63.1 Å². The van der Waals surface area contributed by atoms with Crippen molar-refractivity contribution in [2.24, 2.45) is 11.7 Å². The van der Waals surface area contributed by atoms with Gasteiger partial charge in [-0.2, -0.15) is 13.2 Å². The number of piperazine rings is 1. The lowest BCUT2D eigenvalue weighted by molar-refractivity contribution is -0.137. The number of aryl methyl sites for hydroxylation is 2. The van der Waals surface area contributed by atoms with E-state index in [0.717, 1.165) is 23.7 Å². The Morgan fingerprint density at radius 3 is 2.35 bits per heavy atom. The van der Waals surface area contributed by atoms with Gasteiger partial charge in [-0.05, 0) is 73.2 Å². The highest BCUT2D eigenvalue weighted by molar-refractivity contribution is 6.35. The molecule has 1 fully saturated rings. The lowest BCUT2D eigenvalue weighted by Crippen LogP contribution is -2.49. The number of anilines is 1. The molecule has 1 atom stereocenters. The second-order valence-corrected chi connectivity index (χ2v) is 9.67. The normalized spacial score (nSPS) is 15.5. The summed E-state index contributed by atoms with van der Waals surface area (Å²) < 4.78 is 39.9. The molecule has 1 saturated heterocycles. The lowest BCUT2D eigenvalue weighted by Gasteiger charge is -2.37. The number of hydrogen-bond acceptors (Lipinski definition) is 3. The molecular formula is C25H30Cl2F3N3O. The molecule has 4 nitrogen and oxygen atoms in total. The van der Waals surface area contributed by atoms with Crippen molar-refractivity contribution >= 4 is 34.8 Å². The summed E-state index contributed by atoms with van der Waals surface area (Å²) in [4.78, 5) is 16.6. The zero-order chi connectivity index (χ0) is 24.9. The summed E-state index contributed by atoms with van der Waals surface area (Å²) in [5.74, 6) is 0.265. The standard InChI is InChI=1S/C25H30Cl2F3N3O/c1-17(16-31)2-3-19-14-20(25(28,29)30)6-8-23(19)32-10-12-33(13-11-32)24(34)9-5-18-4-7-21(26)15-22(18)27/h4,6-8,14-15,17H,2-3,5,9-13,16,31H2,1H3. The molecule has 1 unspecified atom stereocenters. The number of halogens is 5. The molecular weight excluding hydrogens is 486 g/mol. The van der Waals surface area contributed by atoms with E-state index in [2.05, 4.69) is 4.90 Å². The van der Waals surface area contributed by atoms with Gasteiger partial charge < -0.3 is 15.5 Å². The van der Waals surface area contributed by atoms with Gasteiger partial charge in [-0.25, -0.2) is 0 Å². The largest absolute Gasteiger partial charge is 0.416 e. The number of benzene rings is 2. The molecule has 0 spiro atoms. The Bertz CT molecular complexity index is 992. The van der Waals surface area contributed by atoms with Crippen LogP contribution in [0.4, 0.5) is 18.9 Å². The van der Waals surface area contributed by atoms with Crippen LogP contribution in [-0.4, -0.2) is 43.5 Å². The van der Waals surface area contributed by atoms with Gasteiger partial charge in [0, 0.05) is 48.3 Å². The summed E-state index contributed by atoms with van der Waals surface area (Å²) in [5.41, 5.74) is 7.41. The predicted octanol–water partition coefficient (Wildman–Crippen LogP) is 5.82. The Labute approximate surface area is 208 Å². The van der Waals surface area contributed by atoms with Gasteiger partial charge >= 0.3 is 6.18 Å². The highest BCUT2D eigenvalue weighted by Crippen LogP contribution is 2.34. The molecule has 2 aromatic rings. The molecule has 0 saturated carbocycles. The van der Waals surface area contributed by atoms with Crippen LogP contribution < -0.4 is 10.6 Å². The van der Waals surface area contributed by atoms with E-state index in [1.165, 1.54) is 6.07 Å². The Kier molecular flexibility index (Phi) is 9.13. The zero-order valence-electron chi connectivity index (χ0n) is 19.2. The van der Waals surface area contributed by atoms with Gasteiger partial charge in [-0.1, -0.05) is 36.2 Å². The fourth-order valence-corrected chi connectivity index (χ4v) is 4.61. The quantitative estimate of drug-likeness (QED) is 0.481. The molecule has 186 valence electrons. The minimum atomic E-state index is -4.38. The number of nitrogens with zero attached hydrogens (tertiary/aromatic N) is 2. The highest BCUT2D eigenvalue weighted by Gasteiger charge is 2.32. The maximum absolute atomic E-state index is 13.3. The fourth-order valence-electron chi connectivity index (χ4n) is 4.11. The smallest absolute Gasteiger partial charge is 0.368 e. The number of hydrogen-bond donors (Lipinski definition) is 1. The van der Waals surface area contributed by atoms with Gasteiger partial charge in [0.25, 0.3) is 0 Å². The number of nitrogens with two attached hydrogens (primary N) is 1. The predicted molar refractivity (Wildman–Crippen MR) is 132 cm³/mol. The molecule has 1 heterocycles. The Morgan fingerprint density at radius 2 is 1.74 bits per heavy atom. The van der Waals surface area contributed by atoms with Crippen molar-refractivity contribution in [1.29, 1.82) is 0 Å². The molecule has 0 aromatic heterocycles. The van der Waals surface area contributed by atoms with Crippen molar-refractivity contribution in [3.63, 3.8) is 0 Å². The van der Waals surface area contributed by atoms with Crippen molar-refractivity contribution < 1.29 is 18.0 Å². The van der Waals surface area contributed by atoms with Crippen molar-refractivity contribution in [2.45, 2.75) is 38.8 Å². The Morgan fingerprint density at radius 1 is 1.03 bits per heavy atom. The van der Waals surface area contributed by atoms with Crippen molar-refractivity contribution in [1.82, 2.24) is 4.90 Å². The number of rotatable bonds is 8. The van der Waals surface area contributed by atoms with Crippen molar-refractivity contribution in [2.75, 3.05) is 37.6 Å². The maximum Gasteiger partial charge on any atom is 0.416 e. The minimum absolute atomic E-state index is 0.0371. The molecule has 1 aliphatic rings. The average Bonchev–Trinajstić information content (AvgIpc) is 2.81. The van der Waals surface area contributed by atoms with Gasteiger partial charge in [0.1, 0.15) is 0 Å². The van der Waals surface area contributed by atoms with Gasteiger partial charge in [-0.3, -0.25) is 4.79 Å². The lowest BCUT2D eigenvalue weighted by atomic mass is 9.97. The van der Waals surface area contributed by atoms with Crippen LogP contribution in [-0.2, 0) is 23.8 Å². The first-order valence-corrected chi connectivity index (χ1v) is 12.2. The molecule has 3 rings (SSSR count). The average molecular weight is 516 g/mol. The number of alkyl halides is 3. The number of amides is 1. The van der Waals surface area contributed by atoms with Crippen LogP contribution in [0.1, 0.15) is 36.5 Å². The van der Waals surface area contributed by atoms with E-state index in [1.807, 2.05) is 13.0 Å². The first kappa shape index (κ1) is 26.6. The van der Waals surface area contributed by atoms with Crippen LogP contribution in [0.3, 0.4) is 0 Å². The molecule has 2 N–H and O–H groups in total. The van der Waals surface area contributed by atoms with Gasteiger partial charge in [0.15, 0.2) is 0 Å². The SMILES string of the molecule is CC(CN)CCc1cc(C(F)(F)F)ccc1N1CCN(C(=O)CCc2ccc(Cl)cc2Cl)CC1. The Balaban J connectivity index is 1.63. The summed E-state index contributed by atoms with van der Waals surface area (Å²) >= 11 is 12.1. The molecule has 9 heteroatoms. The molecule has 34 heavy (non-hydrogen) atoms. The van der Waals surface area contributed by atoms with Crippen LogP contribution >= 0.6 is 23.2 Å². The van der Waals surface area contributed by atoms with E-state index in [4.69, 9.17) is 28.9 Å². The molecule has 1 amide bonds. The van der Waals surface area contributed by atoms with E-state index in [0.29, 0.717) is 67.6 Å². The molecule has 0 radical (unpaired) electrons. The first-order valence-electron chi connectivity index (χ1n) is 11.4. The first-order chi connectivity index (χ1) is 16.1. The number of carbonyl (C=O) groups is 1.